The van der Waals surface area contributed by atoms with Crippen LogP contribution in [0.3, 0.4) is 0 Å². The number of ether oxygens (including phenoxy) is 1. The molecule has 3 unspecified atom stereocenters. The lowest BCUT2D eigenvalue weighted by Crippen LogP contribution is -2.41. The molecule has 0 aromatic heterocycles. The van der Waals surface area contributed by atoms with Crippen LogP contribution in [0, 0.1) is 11.7 Å². The fourth-order valence-corrected chi connectivity index (χ4v) is 2.09. The summed E-state index contributed by atoms with van der Waals surface area (Å²) in [7, 11) is 0. The number of hydrogen-bond acceptors (Lipinski definition) is 4. The average Bonchev–Trinajstić information content (AvgIpc) is 2.84. The number of aliphatic hydroxyl groups is 1. The van der Waals surface area contributed by atoms with E-state index in [9.17, 15) is 14.3 Å². The number of carbonyl (C=O) groups is 1. The van der Waals surface area contributed by atoms with E-state index in [0.29, 0.717) is 19.6 Å². The van der Waals surface area contributed by atoms with Crippen LogP contribution in [0.15, 0.2) is 24.3 Å². The maximum Gasteiger partial charge on any atom is 0.260 e. The SMILES string of the molecule is CC(Oc1ccccc1F)C(=O)NCC1CNCC1O. The Hall–Kier alpha value is -1.66. The Morgan fingerprint density at radius 2 is 2.30 bits per heavy atom. The monoisotopic (exact) mass is 282 g/mol. The van der Waals surface area contributed by atoms with E-state index >= 15 is 0 Å². The van der Waals surface area contributed by atoms with Crippen molar-refractivity contribution < 1.29 is 19.0 Å². The Morgan fingerprint density at radius 1 is 1.55 bits per heavy atom. The van der Waals surface area contributed by atoms with Gasteiger partial charge < -0.3 is 20.5 Å². The van der Waals surface area contributed by atoms with Gasteiger partial charge in [-0.3, -0.25) is 4.79 Å². The Kier molecular flexibility index (Phi) is 4.92. The Labute approximate surface area is 117 Å². The molecule has 1 heterocycles. The number of amides is 1. The van der Waals surface area contributed by atoms with Gasteiger partial charge in [0.1, 0.15) is 0 Å². The molecule has 1 amide bonds. The van der Waals surface area contributed by atoms with Gasteiger partial charge in [0.05, 0.1) is 6.10 Å². The van der Waals surface area contributed by atoms with Crippen LogP contribution in [0.2, 0.25) is 0 Å². The predicted octanol–water partition coefficient (Wildman–Crippen LogP) is 0.289. The highest BCUT2D eigenvalue weighted by molar-refractivity contribution is 5.80. The maximum absolute atomic E-state index is 13.4. The van der Waals surface area contributed by atoms with Crippen molar-refractivity contribution in [2.75, 3.05) is 19.6 Å². The molecular formula is C14H19FN2O3. The molecule has 0 saturated carbocycles. The van der Waals surface area contributed by atoms with E-state index < -0.39 is 18.0 Å². The van der Waals surface area contributed by atoms with E-state index in [2.05, 4.69) is 10.6 Å². The van der Waals surface area contributed by atoms with Gasteiger partial charge in [-0.1, -0.05) is 12.1 Å². The highest BCUT2D eigenvalue weighted by Crippen LogP contribution is 2.17. The third-order valence-corrected chi connectivity index (χ3v) is 3.35. The molecule has 1 aromatic carbocycles. The first-order valence-corrected chi connectivity index (χ1v) is 6.65. The summed E-state index contributed by atoms with van der Waals surface area (Å²) in [5.41, 5.74) is 0. The number of benzene rings is 1. The van der Waals surface area contributed by atoms with Crippen molar-refractivity contribution >= 4 is 5.91 Å². The van der Waals surface area contributed by atoms with Crippen molar-refractivity contribution in [3.63, 3.8) is 0 Å². The van der Waals surface area contributed by atoms with E-state index in [-0.39, 0.29) is 17.6 Å². The molecule has 5 nitrogen and oxygen atoms in total. The zero-order valence-corrected chi connectivity index (χ0v) is 11.3. The fourth-order valence-electron chi connectivity index (χ4n) is 2.09. The van der Waals surface area contributed by atoms with Crippen molar-refractivity contribution in [3.8, 4) is 5.75 Å². The number of β-amino-alcohol motifs (C(OH)–C–C–N with tert-alkyl or cyclic N) is 1. The highest BCUT2D eigenvalue weighted by Gasteiger charge is 2.26. The molecule has 1 saturated heterocycles. The van der Waals surface area contributed by atoms with Crippen LogP contribution in [0.4, 0.5) is 4.39 Å². The van der Waals surface area contributed by atoms with Crippen LogP contribution in [0.1, 0.15) is 6.92 Å². The second kappa shape index (κ2) is 6.67. The molecule has 110 valence electrons. The zero-order valence-electron chi connectivity index (χ0n) is 11.3. The fraction of sp³-hybridized carbons (Fsp3) is 0.500. The normalized spacial score (nSPS) is 23.4. The van der Waals surface area contributed by atoms with Crippen LogP contribution < -0.4 is 15.4 Å². The summed E-state index contributed by atoms with van der Waals surface area (Å²) in [6, 6.07) is 5.95. The topological polar surface area (TPSA) is 70.6 Å². The van der Waals surface area contributed by atoms with Crippen LogP contribution in [-0.4, -0.2) is 42.9 Å². The van der Waals surface area contributed by atoms with E-state index in [1.54, 1.807) is 19.1 Å². The first-order valence-electron chi connectivity index (χ1n) is 6.65. The number of aliphatic hydroxyl groups excluding tert-OH is 1. The standard InChI is InChI=1S/C14H19FN2O3/c1-9(20-13-5-3-2-4-11(13)15)14(19)17-7-10-6-16-8-12(10)18/h2-5,9-10,12,16,18H,6-8H2,1H3,(H,17,19). The molecule has 0 aliphatic carbocycles. The van der Waals surface area contributed by atoms with E-state index in [4.69, 9.17) is 4.74 Å². The lowest BCUT2D eigenvalue weighted by Gasteiger charge is -2.18. The van der Waals surface area contributed by atoms with Gasteiger partial charge in [-0.05, 0) is 19.1 Å². The second-order valence-electron chi connectivity index (χ2n) is 4.92. The van der Waals surface area contributed by atoms with E-state index in [1.807, 2.05) is 0 Å². The van der Waals surface area contributed by atoms with Gasteiger partial charge in [-0.25, -0.2) is 4.39 Å². The summed E-state index contributed by atoms with van der Waals surface area (Å²) in [6.07, 6.45) is -1.24. The number of carbonyl (C=O) groups excluding carboxylic acids is 1. The molecule has 2 rings (SSSR count). The third kappa shape index (κ3) is 3.68. The molecule has 1 aliphatic rings. The highest BCUT2D eigenvalue weighted by atomic mass is 19.1. The summed E-state index contributed by atoms with van der Waals surface area (Å²) in [5.74, 6) is -0.771. The van der Waals surface area contributed by atoms with Crippen molar-refractivity contribution in [2.45, 2.75) is 19.1 Å². The molecule has 3 N–H and O–H groups in total. The zero-order chi connectivity index (χ0) is 14.5. The summed E-state index contributed by atoms with van der Waals surface area (Å²) in [6.45, 7) is 3.15. The Balaban J connectivity index is 1.81. The number of halogens is 1. The largest absolute Gasteiger partial charge is 0.478 e. The van der Waals surface area contributed by atoms with Gasteiger partial charge >= 0.3 is 0 Å². The minimum atomic E-state index is -0.793. The Bertz CT molecular complexity index is 469. The smallest absolute Gasteiger partial charge is 0.260 e. The van der Waals surface area contributed by atoms with E-state index in [1.165, 1.54) is 12.1 Å². The number of hydrogen-bond donors (Lipinski definition) is 3. The minimum Gasteiger partial charge on any atom is -0.478 e. The number of nitrogens with one attached hydrogen (secondary N) is 2. The number of rotatable bonds is 5. The van der Waals surface area contributed by atoms with Crippen LogP contribution >= 0.6 is 0 Å². The van der Waals surface area contributed by atoms with Gasteiger partial charge in [0.15, 0.2) is 17.7 Å². The molecule has 20 heavy (non-hydrogen) atoms. The molecule has 1 fully saturated rings. The molecule has 0 bridgehead atoms. The van der Waals surface area contributed by atoms with Gasteiger partial charge in [-0.2, -0.15) is 0 Å². The summed E-state index contributed by atoms with van der Waals surface area (Å²) in [4.78, 5) is 11.9. The van der Waals surface area contributed by atoms with E-state index in [0.717, 1.165) is 0 Å². The van der Waals surface area contributed by atoms with Gasteiger partial charge in [0.25, 0.3) is 5.91 Å². The minimum absolute atomic E-state index is 0.000360. The van der Waals surface area contributed by atoms with Crippen LogP contribution in [0.5, 0.6) is 5.75 Å². The third-order valence-electron chi connectivity index (χ3n) is 3.35. The van der Waals surface area contributed by atoms with Gasteiger partial charge in [0, 0.05) is 25.6 Å². The van der Waals surface area contributed by atoms with Crippen LogP contribution in [-0.2, 0) is 4.79 Å². The quantitative estimate of drug-likeness (QED) is 0.726. The summed E-state index contributed by atoms with van der Waals surface area (Å²) >= 11 is 0. The molecule has 0 spiro atoms. The van der Waals surface area contributed by atoms with Crippen LogP contribution in [0.25, 0.3) is 0 Å². The first-order chi connectivity index (χ1) is 9.58. The predicted molar refractivity (Wildman–Crippen MR) is 71.9 cm³/mol. The van der Waals surface area contributed by atoms with Gasteiger partial charge in [-0.15, -0.1) is 0 Å². The first kappa shape index (κ1) is 14.7. The second-order valence-corrected chi connectivity index (χ2v) is 4.92. The van der Waals surface area contributed by atoms with Crippen molar-refractivity contribution in [1.82, 2.24) is 10.6 Å². The molecule has 0 radical (unpaired) electrons. The number of para-hydroxylation sites is 1. The molecule has 1 aliphatic heterocycles. The van der Waals surface area contributed by atoms with Crippen molar-refractivity contribution in [3.05, 3.63) is 30.1 Å². The maximum atomic E-state index is 13.4. The molecule has 3 atom stereocenters. The lowest BCUT2D eigenvalue weighted by molar-refractivity contribution is -0.127. The van der Waals surface area contributed by atoms with Crippen molar-refractivity contribution in [1.29, 1.82) is 0 Å². The van der Waals surface area contributed by atoms with Crippen molar-refractivity contribution in [2.24, 2.45) is 5.92 Å². The Morgan fingerprint density at radius 3 is 2.95 bits per heavy atom. The lowest BCUT2D eigenvalue weighted by atomic mass is 10.1. The van der Waals surface area contributed by atoms with Gasteiger partial charge in [0.2, 0.25) is 0 Å². The summed E-state index contributed by atoms with van der Waals surface area (Å²) < 4.78 is 18.7. The molecular weight excluding hydrogens is 263 g/mol. The average molecular weight is 282 g/mol. The molecule has 6 heteroatoms. The summed E-state index contributed by atoms with van der Waals surface area (Å²) in [5, 5.41) is 15.4. The molecule has 1 aromatic rings.